The van der Waals surface area contributed by atoms with E-state index >= 15 is 0 Å². The van der Waals surface area contributed by atoms with Gasteiger partial charge in [0.2, 0.25) is 0 Å². The molecule has 0 bridgehead atoms. The van der Waals surface area contributed by atoms with E-state index in [1.807, 2.05) is 38.1 Å². The van der Waals surface area contributed by atoms with Crippen LogP contribution in [0.4, 0.5) is 5.69 Å². The van der Waals surface area contributed by atoms with E-state index in [4.69, 9.17) is 4.74 Å². The summed E-state index contributed by atoms with van der Waals surface area (Å²) in [7, 11) is 0. The topological polar surface area (TPSA) is 67.4 Å². The first-order chi connectivity index (χ1) is 12.8. The Morgan fingerprint density at radius 1 is 0.926 bits per heavy atom. The lowest BCUT2D eigenvalue weighted by Crippen LogP contribution is -2.33. The van der Waals surface area contributed by atoms with Crippen LogP contribution < -0.4 is 15.4 Å². The Bertz CT molecular complexity index is 800. The molecule has 0 saturated carbocycles. The van der Waals surface area contributed by atoms with Gasteiger partial charge in [0.25, 0.3) is 11.8 Å². The van der Waals surface area contributed by atoms with Gasteiger partial charge >= 0.3 is 0 Å². The average molecular weight is 368 g/mol. The molecule has 0 spiro atoms. The fourth-order valence-corrected chi connectivity index (χ4v) is 2.57. The highest BCUT2D eigenvalue weighted by atomic mass is 16.5. The molecule has 0 aliphatic heterocycles. The molecule has 144 valence electrons. The third-order valence-corrected chi connectivity index (χ3v) is 4.06. The number of rotatable bonds is 7. The average Bonchev–Trinajstić information content (AvgIpc) is 2.61. The Morgan fingerprint density at radius 3 is 2.30 bits per heavy atom. The maximum Gasteiger partial charge on any atom is 0.265 e. The van der Waals surface area contributed by atoms with E-state index in [9.17, 15) is 9.59 Å². The number of carbonyl (C=O) groups is 2. The summed E-state index contributed by atoms with van der Waals surface area (Å²) in [6.07, 6.45) is -0.700. The predicted octanol–water partition coefficient (Wildman–Crippen LogP) is 4.35. The lowest BCUT2D eigenvalue weighted by atomic mass is 10.0. The molecule has 0 fully saturated rings. The highest BCUT2D eigenvalue weighted by Crippen LogP contribution is 2.22. The van der Waals surface area contributed by atoms with E-state index in [0.717, 1.165) is 5.56 Å². The molecule has 5 nitrogen and oxygen atoms in total. The summed E-state index contributed by atoms with van der Waals surface area (Å²) in [4.78, 5) is 24.9. The van der Waals surface area contributed by atoms with Gasteiger partial charge in [-0.1, -0.05) is 38.1 Å². The van der Waals surface area contributed by atoms with Crippen LogP contribution in [-0.4, -0.2) is 24.0 Å². The van der Waals surface area contributed by atoms with E-state index in [-0.39, 0.29) is 17.9 Å². The minimum atomic E-state index is -0.700. The zero-order valence-corrected chi connectivity index (χ0v) is 16.6. The standard InChI is InChI=1S/C22H28N2O3/c1-14(2)17-9-8-10-18(13-17)27-16(5)21(25)24-20-12-7-6-11-19(20)22(26)23-15(3)4/h6-16H,1-5H3,(H,23,26)(H,24,25). The van der Waals surface area contributed by atoms with E-state index in [1.54, 1.807) is 31.2 Å². The van der Waals surface area contributed by atoms with Gasteiger partial charge in [-0.25, -0.2) is 0 Å². The Balaban J connectivity index is 2.09. The second-order valence-electron chi connectivity index (χ2n) is 7.15. The van der Waals surface area contributed by atoms with Crippen molar-refractivity contribution in [3.63, 3.8) is 0 Å². The number of ether oxygens (including phenoxy) is 1. The van der Waals surface area contributed by atoms with Gasteiger partial charge in [-0.15, -0.1) is 0 Å². The van der Waals surface area contributed by atoms with Crippen molar-refractivity contribution in [2.75, 3.05) is 5.32 Å². The third kappa shape index (κ3) is 5.84. The fourth-order valence-electron chi connectivity index (χ4n) is 2.57. The summed E-state index contributed by atoms with van der Waals surface area (Å²) in [6, 6.07) is 14.7. The van der Waals surface area contributed by atoms with Crippen molar-refractivity contribution in [3.8, 4) is 5.75 Å². The summed E-state index contributed by atoms with van der Waals surface area (Å²) >= 11 is 0. The van der Waals surface area contributed by atoms with Gasteiger partial charge in [0.1, 0.15) is 5.75 Å². The van der Waals surface area contributed by atoms with E-state index in [1.165, 1.54) is 0 Å². The van der Waals surface area contributed by atoms with Crippen LogP contribution in [0.5, 0.6) is 5.75 Å². The number of benzene rings is 2. The zero-order valence-electron chi connectivity index (χ0n) is 16.6. The molecular weight excluding hydrogens is 340 g/mol. The molecule has 0 aromatic heterocycles. The van der Waals surface area contributed by atoms with Crippen LogP contribution in [0.25, 0.3) is 0 Å². The number of hydrogen-bond donors (Lipinski definition) is 2. The molecule has 0 aliphatic rings. The van der Waals surface area contributed by atoms with Gasteiger partial charge in [0.15, 0.2) is 6.10 Å². The van der Waals surface area contributed by atoms with Crippen LogP contribution in [0.3, 0.4) is 0 Å². The molecule has 0 heterocycles. The smallest absolute Gasteiger partial charge is 0.265 e. The van der Waals surface area contributed by atoms with Crippen molar-refractivity contribution in [2.45, 2.75) is 52.7 Å². The normalized spacial score (nSPS) is 12.0. The van der Waals surface area contributed by atoms with Crippen molar-refractivity contribution in [2.24, 2.45) is 0 Å². The lowest BCUT2D eigenvalue weighted by Gasteiger charge is -2.17. The largest absolute Gasteiger partial charge is 0.481 e. The predicted molar refractivity (Wildman–Crippen MR) is 108 cm³/mol. The molecule has 2 amide bonds. The van der Waals surface area contributed by atoms with Crippen molar-refractivity contribution < 1.29 is 14.3 Å². The molecule has 0 saturated heterocycles. The first-order valence-corrected chi connectivity index (χ1v) is 9.25. The summed E-state index contributed by atoms with van der Waals surface area (Å²) in [5.74, 6) is 0.493. The Hall–Kier alpha value is -2.82. The fraction of sp³-hybridized carbons (Fsp3) is 0.364. The summed E-state index contributed by atoms with van der Waals surface area (Å²) < 4.78 is 5.79. The quantitative estimate of drug-likeness (QED) is 0.763. The number of para-hydroxylation sites is 1. The van der Waals surface area contributed by atoms with Crippen LogP contribution in [0, 0.1) is 0 Å². The summed E-state index contributed by atoms with van der Waals surface area (Å²) in [5, 5.41) is 5.63. The second-order valence-corrected chi connectivity index (χ2v) is 7.15. The number of anilines is 1. The monoisotopic (exact) mass is 368 g/mol. The minimum absolute atomic E-state index is 0.0109. The molecule has 2 N–H and O–H groups in total. The molecule has 0 radical (unpaired) electrons. The highest BCUT2D eigenvalue weighted by Gasteiger charge is 2.19. The van der Waals surface area contributed by atoms with Gasteiger partial charge < -0.3 is 15.4 Å². The van der Waals surface area contributed by atoms with Crippen molar-refractivity contribution in [1.82, 2.24) is 5.32 Å². The van der Waals surface area contributed by atoms with Crippen LogP contribution in [0.1, 0.15) is 56.5 Å². The molecular formula is C22H28N2O3. The molecule has 2 aromatic rings. The molecule has 5 heteroatoms. The van der Waals surface area contributed by atoms with Gasteiger partial charge in [-0.05, 0) is 56.5 Å². The van der Waals surface area contributed by atoms with Crippen LogP contribution in [0.2, 0.25) is 0 Å². The molecule has 2 rings (SSSR count). The number of amides is 2. The zero-order chi connectivity index (χ0) is 20.0. The van der Waals surface area contributed by atoms with Gasteiger partial charge in [0, 0.05) is 6.04 Å². The Kier molecular flexibility index (Phi) is 6.99. The maximum atomic E-state index is 12.6. The molecule has 1 unspecified atom stereocenters. The number of hydrogen-bond acceptors (Lipinski definition) is 3. The second kappa shape index (κ2) is 9.21. The summed E-state index contributed by atoms with van der Waals surface area (Å²) in [6.45, 7) is 9.68. The number of nitrogens with one attached hydrogen (secondary N) is 2. The third-order valence-electron chi connectivity index (χ3n) is 4.06. The van der Waals surface area contributed by atoms with E-state index < -0.39 is 6.10 Å². The van der Waals surface area contributed by atoms with Gasteiger partial charge in [-0.2, -0.15) is 0 Å². The first kappa shape index (κ1) is 20.5. The SMILES string of the molecule is CC(C)NC(=O)c1ccccc1NC(=O)C(C)Oc1cccc(C(C)C)c1. The minimum Gasteiger partial charge on any atom is -0.481 e. The van der Waals surface area contributed by atoms with E-state index in [0.29, 0.717) is 22.9 Å². The van der Waals surface area contributed by atoms with Crippen molar-refractivity contribution in [1.29, 1.82) is 0 Å². The van der Waals surface area contributed by atoms with Crippen molar-refractivity contribution in [3.05, 3.63) is 59.7 Å². The number of carbonyl (C=O) groups excluding carboxylic acids is 2. The van der Waals surface area contributed by atoms with Gasteiger partial charge in [-0.3, -0.25) is 9.59 Å². The lowest BCUT2D eigenvalue weighted by molar-refractivity contribution is -0.122. The first-order valence-electron chi connectivity index (χ1n) is 9.25. The maximum absolute atomic E-state index is 12.6. The Morgan fingerprint density at radius 2 is 1.63 bits per heavy atom. The van der Waals surface area contributed by atoms with Crippen LogP contribution in [0.15, 0.2) is 48.5 Å². The van der Waals surface area contributed by atoms with Crippen LogP contribution in [-0.2, 0) is 4.79 Å². The van der Waals surface area contributed by atoms with Crippen molar-refractivity contribution >= 4 is 17.5 Å². The van der Waals surface area contributed by atoms with Gasteiger partial charge in [0.05, 0.1) is 11.3 Å². The molecule has 27 heavy (non-hydrogen) atoms. The van der Waals surface area contributed by atoms with Crippen LogP contribution >= 0.6 is 0 Å². The molecule has 0 aliphatic carbocycles. The summed E-state index contributed by atoms with van der Waals surface area (Å²) in [5.41, 5.74) is 2.04. The Labute approximate surface area is 161 Å². The van der Waals surface area contributed by atoms with E-state index in [2.05, 4.69) is 24.5 Å². The highest BCUT2D eigenvalue weighted by molar-refractivity contribution is 6.04. The molecule has 1 atom stereocenters. The molecule has 2 aromatic carbocycles.